The Morgan fingerprint density at radius 3 is 2.23 bits per heavy atom. The molecule has 0 aliphatic carbocycles. The molecule has 0 saturated carbocycles. The lowest BCUT2D eigenvalue weighted by molar-refractivity contribution is 0.647. The van der Waals surface area contributed by atoms with Crippen molar-refractivity contribution in [1.29, 1.82) is 0 Å². The number of hydrogen-bond acceptors (Lipinski definition) is 1. The second kappa shape index (κ2) is 3.93. The zero-order chi connectivity index (χ0) is 10.0. The van der Waals surface area contributed by atoms with E-state index in [1.54, 1.807) is 0 Å². The largest absolute Gasteiger partial charge is 0.313 e. The molecule has 1 rings (SSSR count). The maximum Gasteiger partial charge on any atom is 0.0291 e. The number of benzene rings is 1. The molecule has 1 unspecified atom stereocenters. The molecule has 1 N–H and O–H groups in total. The summed E-state index contributed by atoms with van der Waals surface area (Å²) in [5.74, 6) is 0. The van der Waals surface area contributed by atoms with Crippen LogP contribution < -0.4 is 5.32 Å². The van der Waals surface area contributed by atoms with Crippen LogP contribution in [0.4, 0.5) is 0 Å². The Morgan fingerprint density at radius 2 is 1.69 bits per heavy atom. The maximum atomic E-state index is 3.27. The van der Waals surface area contributed by atoms with Crippen LogP contribution in [0.1, 0.15) is 35.2 Å². The van der Waals surface area contributed by atoms with Crippen LogP contribution in [-0.2, 0) is 0 Å². The van der Waals surface area contributed by atoms with Crippen molar-refractivity contribution in [3.05, 3.63) is 34.4 Å². The second-order valence-corrected chi connectivity index (χ2v) is 3.73. The fourth-order valence-electron chi connectivity index (χ4n) is 1.60. The van der Waals surface area contributed by atoms with Gasteiger partial charge in [-0.2, -0.15) is 0 Å². The Hall–Kier alpha value is -0.820. The Labute approximate surface area is 81.2 Å². The van der Waals surface area contributed by atoms with Crippen molar-refractivity contribution in [1.82, 2.24) is 5.32 Å². The predicted molar refractivity (Wildman–Crippen MR) is 58.1 cm³/mol. The van der Waals surface area contributed by atoms with Crippen LogP contribution in [0.5, 0.6) is 0 Å². The lowest BCUT2D eigenvalue weighted by Gasteiger charge is -2.16. The lowest BCUT2D eigenvalue weighted by Crippen LogP contribution is -2.14. The normalized spacial score (nSPS) is 13.0. The highest BCUT2D eigenvalue weighted by atomic mass is 14.9. The summed E-state index contributed by atoms with van der Waals surface area (Å²) in [6.45, 7) is 8.75. The number of rotatable bonds is 2. The molecule has 0 fully saturated rings. The third-order valence-electron chi connectivity index (χ3n) is 3.00. The molecular formula is C12H19N. The summed E-state index contributed by atoms with van der Waals surface area (Å²) in [4.78, 5) is 0. The lowest BCUT2D eigenvalue weighted by atomic mass is 9.95. The zero-order valence-electron chi connectivity index (χ0n) is 9.23. The summed E-state index contributed by atoms with van der Waals surface area (Å²) in [7, 11) is 2.00. The van der Waals surface area contributed by atoms with Gasteiger partial charge in [0.2, 0.25) is 0 Å². The molecule has 0 saturated heterocycles. The molecule has 1 aromatic rings. The Bertz CT molecular complexity index is 302. The molecule has 13 heavy (non-hydrogen) atoms. The van der Waals surface area contributed by atoms with Gasteiger partial charge in [0.15, 0.2) is 0 Å². The van der Waals surface area contributed by atoms with Crippen LogP contribution in [0.25, 0.3) is 0 Å². The summed E-state index contributed by atoms with van der Waals surface area (Å²) < 4.78 is 0. The monoisotopic (exact) mass is 177 g/mol. The SMILES string of the molecule is CNC(C)c1ccc(C)c(C)c1C. The molecule has 0 bridgehead atoms. The molecule has 1 aromatic carbocycles. The van der Waals surface area contributed by atoms with Crippen molar-refractivity contribution in [3.63, 3.8) is 0 Å². The Balaban J connectivity index is 3.18. The molecule has 0 aliphatic rings. The molecule has 1 atom stereocenters. The molecule has 1 heteroatoms. The smallest absolute Gasteiger partial charge is 0.0291 e. The standard InChI is InChI=1S/C12H19N/c1-8-6-7-12(11(4)13-5)10(3)9(8)2/h6-7,11,13H,1-5H3. The molecule has 0 amide bonds. The van der Waals surface area contributed by atoms with E-state index in [9.17, 15) is 0 Å². The molecular weight excluding hydrogens is 158 g/mol. The number of hydrogen-bond donors (Lipinski definition) is 1. The first-order valence-corrected chi connectivity index (χ1v) is 4.82. The van der Waals surface area contributed by atoms with Gasteiger partial charge in [-0.15, -0.1) is 0 Å². The van der Waals surface area contributed by atoms with E-state index >= 15 is 0 Å². The van der Waals surface area contributed by atoms with Crippen molar-refractivity contribution >= 4 is 0 Å². The van der Waals surface area contributed by atoms with Crippen molar-refractivity contribution in [2.75, 3.05) is 7.05 Å². The minimum Gasteiger partial charge on any atom is -0.313 e. The van der Waals surface area contributed by atoms with Gasteiger partial charge in [0.05, 0.1) is 0 Å². The Morgan fingerprint density at radius 1 is 1.08 bits per heavy atom. The zero-order valence-corrected chi connectivity index (χ0v) is 9.23. The third kappa shape index (κ3) is 1.92. The van der Waals surface area contributed by atoms with E-state index in [0.29, 0.717) is 6.04 Å². The molecule has 0 radical (unpaired) electrons. The summed E-state index contributed by atoms with van der Waals surface area (Å²) >= 11 is 0. The summed E-state index contributed by atoms with van der Waals surface area (Å²) in [5.41, 5.74) is 5.62. The topological polar surface area (TPSA) is 12.0 Å². The van der Waals surface area contributed by atoms with Gasteiger partial charge in [-0.05, 0) is 57.0 Å². The summed E-state index contributed by atoms with van der Waals surface area (Å²) in [5, 5.41) is 3.27. The van der Waals surface area contributed by atoms with E-state index in [1.807, 2.05) is 7.05 Å². The highest BCUT2D eigenvalue weighted by Crippen LogP contribution is 2.22. The van der Waals surface area contributed by atoms with E-state index in [4.69, 9.17) is 0 Å². The van der Waals surface area contributed by atoms with Crippen molar-refractivity contribution < 1.29 is 0 Å². The first-order chi connectivity index (χ1) is 6.07. The van der Waals surface area contributed by atoms with E-state index in [2.05, 4.69) is 45.1 Å². The molecule has 1 nitrogen and oxygen atoms in total. The highest BCUT2D eigenvalue weighted by Gasteiger charge is 2.08. The number of aryl methyl sites for hydroxylation is 1. The van der Waals surface area contributed by atoms with Crippen LogP contribution in [0.15, 0.2) is 12.1 Å². The van der Waals surface area contributed by atoms with E-state index < -0.39 is 0 Å². The number of nitrogens with one attached hydrogen (secondary N) is 1. The van der Waals surface area contributed by atoms with Crippen molar-refractivity contribution in [2.45, 2.75) is 33.7 Å². The molecule has 0 spiro atoms. The minimum atomic E-state index is 0.444. The fraction of sp³-hybridized carbons (Fsp3) is 0.500. The third-order valence-corrected chi connectivity index (χ3v) is 3.00. The van der Waals surface area contributed by atoms with Gasteiger partial charge in [0, 0.05) is 6.04 Å². The van der Waals surface area contributed by atoms with Crippen LogP contribution in [0.3, 0.4) is 0 Å². The van der Waals surface area contributed by atoms with E-state index in [0.717, 1.165) is 0 Å². The van der Waals surface area contributed by atoms with Gasteiger partial charge in [0.1, 0.15) is 0 Å². The van der Waals surface area contributed by atoms with Gasteiger partial charge >= 0.3 is 0 Å². The summed E-state index contributed by atoms with van der Waals surface area (Å²) in [6, 6.07) is 4.86. The van der Waals surface area contributed by atoms with Crippen LogP contribution >= 0.6 is 0 Å². The quantitative estimate of drug-likeness (QED) is 0.732. The molecule has 72 valence electrons. The first-order valence-electron chi connectivity index (χ1n) is 4.82. The van der Waals surface area contributed by atoms with E-state index in [-0.39, 0.29) is 0 Å². The van der Waals surface area contributed by atoms with E-state index in [1.165, 1.54) is 22.3 Å². The van der Waals surface area contributed by atoms with Gasteiger partial charge in [0.25, 0.3) is 0 Å². The van der Waals surface area contributed by atoms with Crippen LogP contribution in [0.2, 0.25) is 0 Å². The summed E-state index contributed by atoms with van der Waals surface area (Å²) in [6.07, 6.45) is 0. The fourth-order valence-corrected chi connectivity index (χ4v) is 1.60. The van der Waals surface area contributed by atoms with Crippen molar-refractivity contribution in [3.8, 4) is 0 Å². The molecule has 0 heterocycles. The van der Waals surface area contributed by atoms with Gasteiger partial charge in [-0.1, -0.05) is 12.1 Å². The molecule has 0 aromatic heterocycles. The first kappa shape index (κ1) is 10.3. The average molecular weight is 177 g/mol. The highest BCUT2D eigenvalue weighted by molar-refractivity contribution is 5.40. The molecule has 0 aliphatic heterocycles. The minimum absolute atomic E-state index is 0.444. The van der Waals surface area contributed by atoms with Gasteiger partial charge in [-0.3, -0.25) is 0 Å². The second-order valence-electron chi connectivity index (χ2n) is 3.73. The average Bonchev–Trinajstić information content (AvgIpc) is 2.13. The van der Waals surface area contributed by atoms with Gasteiger partial charge < -0.3 is 5.32 Å². The van der Waals surface area contributed by atoms with Crippen molar-refractivity contribution in [2.24, 2.45) is 0 Å². The van der Waals surface area contributed by atoms with Crippen LogP contribution in [-0.4, -0.2) is 7.05 Å². The van der Waals surface area contributed by atoms with Gasteiger partial charge in [-0.25, -0.2) is 0 Å². The van der Waals surface area contributed by atoms with Crippen LogP contribution in [0, 0.1) is 20.8 Å². The predicted octanol–water partition coefficient (Wildman–Crippen LogP) is 2.89. The maximum absolute atomic E-state index is 3.27. The Kier molecular flexibility index (Phi) is 3.10.